The van der Waals surface area contributed by atoms with E-state index in [-0.39, 0.29) is 0 Å². The molecule has 122 valence electrons. The van der Waals surface area contributed by atoms with Gasteiger partial charge in [-0.05, 0) is 55.5 Å². The molecule has 6 heteroatoms. The molecule has 1 amide bonds. The zero-order valence-corrected chi connectivity index (χ0v) is 13.7. The molecule has 0 aliphatic heterocycles. The third-order valence-corrected chi connectivity index (χ3v) is 3.62. The fourth-order valence-electron chi connectivity index (χ4n) is 2.10. The van der Waals surface area contributed by atoms with Crippen molar-refractivity contribution in [2.24, 2.45) is 5.73 Å². The van der Waals surface area contributed by atoms with Gasteiger partial charge in [0.2, 0.25) is 5.88 Å². The van der Waals surface area contributed by atoms with Gasteiger partial charge in [0.05, 0.1) is 5.52 Å². The second-order valence-electron chi connectivity index (χ2n) is 5.22. The van der Waals surface area contributed by atoms with Gasteiger partial charge in [-0.2, -0.15) is 0 Å². The zero-order valence-electron chi connectivity index (χ0n) is 12.9. The van der Waals surface area contributed by atoms with Crippen molar-refractivity contribution < 1.29 is 14.3 Å². The van der Waals surface area contributed by atoms with E-state index < -0.39 is 12.0 Å². The maximum atomic E-state index is 11.0. The predicted octanol–water partition coefficient (Wildman–Crippen LogP) is 3.93. The summed E-state index contributed by atoms with van der Waals surface area (Å²) in [6.07, 6.45) is -0.689. The highest BCUT2D eigenvalue weighted by Gasteiger charge is 2.10. The average Bonchev–Trinajstić information content (AvgIpc) is 2.56. The number of fused-ring (bicyclic) bond motifs is 1. The first kappa shape index (κ1) is 16.1. The standard InChI is InChI=1S/C18H15ClN2O3/c1-11(18(20)22)23-14-4-6-15(7-5-14)24-17-9-2-12-10-13(19)3-8-16(12)21-17/h2-11H,1H3,(H2,20,22). The maximum absolute atomic E-state index is 11.0. The highest BCUT2D eigenvalue weighted by Crippen LogP contribution is 2.26. The fraction of sp³-hybridized carbons (Fsp3) is 0.111. The first-order valence-electron chi connectivity index (χ1n) is 7.31. The van der Waals surface area contributed by atoms with E-state index in [2.05, 4.69) is 4.98 Å². The average molecular weight is 343 g/mol. The Morgan fingerprint density at radius 2 is 1.79 bits per heavy atom. The summed E-state index contributed by atoms with van der Waals surface area (Å²) in [6.45, 7) is 1.60. The van der Waals surface area contributed by atoms with Crippen molar-refractivity contribution in [3.8, 4) is 17.4 Å². The quantitative estimate of drug-likeness (QED) is 0.762. The van der Waals surface area contributed by atoms with Gasteiger partial charge in [0.1, 0.15) is 11.5 Å². The van der Waals surface area contributed by atoms with Gasteiger partial charge in [-0.25, -0.2) is 4.98 Å². The monoisotopic (exact) mass is 342 g/mol. The highest BCUT2D eigenvalue weighted by molar-refractivity contribution is 6.31. The van der Waals surface area contributed by atoms with Crippen LogP contribution in [0.1, 0.15) is 6.92 Å². The molecule has 0 radical (unpaired) electrons. The SMILES string of the molecule is CC(Oc1ccc(Oc2ccc3cc(Cl)ccc3n2)cc1)C(N)=O. The molecule has 1 unspecified atom stereocenters. The lowest BCUT2D eigenvalue weighted by Crippen LogP contribution is -2.30. The second kappa shape index (κ2) is 6.76. The Morgan fingerprint density at radius 3 is 2.50 bits per heavy atom. The van der Waals surface area contributed by atoms with Crippen molar-refractivity contribution in [3.63, 3.8) is 0 Å². The van der Waals surface area contributed by atoms with Crippen LogP contribution in [0.2, 0.25) is 5.02 Å². The molecule has 1 atom stereocenters. The molecule has 0 saturated carbocycles. The van der Waals surface area contributed by atoms with E-state index in [0.717, 1.165) is 10.9 Å². The van der Waals surface area contributed by atoms with Gasteiger partial charge in [-0.1, -0.05) is 11.6 Å². The molecule has 0 saturated heterocycles. The molecule has 0 aliphatic carbocycles. The van der Waals surface area contributed by atoms with Crippen LogP contribution >= 0.6 is 11.6 Å². The lowest BCUT2D eigenvalue weighted by Gasteiger charge is -2.11. The zero-order chi connectivity index (χ0) is 17.1. The summed E-state index contributed by atoms with van der Waals surface area (Å²) in [5.41, 5.74) is 5.96. The molecule has 3 rings (SSSR count). The lowest BCUT2D eigenvalue weighted by molar-refractivity contribution is -0.123. The summed E-state index contributed by atoms with van der Waals surface area (Å²) in [7, 11) is 0. The molecule has 0 aliphatic rings. The summed E-state index contributed by atoms with van der Waals surface area (Å²) < 4.78 is 11.1. The van der Waals surface area contributed by atoms with E-state index >= 15 is 0 Å². The third kappa shape index (κ3) is 3.75. The number of primary amides is 1. The maximum Gasteiger partial charge on any atom is 0.258 e. The number of ether oxygens (including phenoxy) is 2. The van der Waals surface area contributed by atoms with Crippen molar-refractivity contribution in [3.05, 3.63) is 59.6 Å². The van der Waals surface area contributed by atoms with Gasteiger partial charge in [0, 0.05) is 16.5 Å². The minimum absolute atomic E-state index is 0.476. The fourth-order valence-corrected chi connectivity index (χ4v) is 2.28. The summed E-state index contributed by atoms with van der Waals surface area (Å²) in [4.78, 5) is 15.4. The number of hydrogen-bond acceptors (Lipinski definition) is 4. The van der Waals surface area contributed by atoms with Crippen LogP contribution in [0.25, 0.3) is 10.9 Å². The normalized spacial score (nSPS) is 11.9. The molecule has 1 aromatic heterocycles. The molecule has 0 spiro atoms. The van der Waals surface area contributed by atoms with Gasteiger partial charge in [-0.3, -0.25) is 4.79 Å². The number of hydrogen-bond donors (Lipinski definition) is 1. The molecule has 2 aromatic carbocycles. The number of pyridine rings is 1. The Kier molecular flexibility index (Phi) is 4.53. The Morgan fingerprint density at radius 1 is 1.08 bits per heavy atom. The first-order chi connectivity index (χ1) is 11.5. The van der Waals surface area contributed by atoms with Crippen LogP contribution in [0.3, 0.4) is 0 Å². The van der Waals surface area contributed by atoms with Crippen LogP contribution < -0.4 is 15.2 Å². The van der Waals surface area contributed by atoms with E-state index in [1.54, 1.807) is 43.3 Å². The molecule has 5 nitrogen and oxygen atoms in total. The number of carbonyl (C=O) groups excluding carboxylic acids is 1. The summed E-state index contributed by atoms with van der Waals surface area (Å²) >= 11 is 5.96. The smallest absolute Gasteiger partial charge is 0.258 e. The van der Waals surface area contributed by atoms with Crippen LogP contribution in [0.4, 0.5) is 0 Å². The first-order valence-corrected chi connectivity index (χ1v) is 7.69. The van der Waals surface area contributed by atoms with Crippen molar-refractivity contribution in [2.45, 2.75) is 13.0 Å². The largest absolute Gasteiger partial charge is 0.481 e. The topological polar surface area (TPSA) is 74.4 Å². The van der Waals surface area contributed by atoms with E-state index in [1.807, 2.05) is 18.2 Å². The van der Waals surface area contributed by atoms with E-state index in [4.69, 9.17) is 26.8 Å². The summed E-state index contributed by atoms with van der Waals surface area (Å²) in [6, 6.07) is 16.0. The van der Waals surface area contributed by atoms with E-state index in [1.165, 1.54) is 0 Å². The Balaban J connectivity index is 1.74. The van der Waals surface area contributed by atoms with Crippen LogP contribution in [-0.2, 0) is 4.79 Å². The highest BCUT2D eigenvalue weighted by atomic mass is 35.5. The predicted molar refractivity (Wildman–Crippen MR) is 92.6 cm³/mol. The number of rotatable bonds is 5. The van der Waals surface area contributed by atoms with Gasteiger partial charge < -0.3 is 15.2 Å². The molecule has 1 heterocycles. The molecule has 0 fully saturated rings. The molecular formula is C18H15ClN2O3. The van der Waals surface area contributed by atoms with Crippen LogP contribution in [-0.4, -0.2) is 17.0 Å². The summed E-state index contributed by atoms with van der Waals surface area (Å²) in [5.74, 6) is 1.10. The van der Waals surface area contributed by atoms with Crippen molar-refractivity contribution in [1.29, 1.82) is 0 Å². The number of amides is 1. The number of nitrogens with zero attached hydrogens (tertiary/aromatic N) is 1. The van der Waals surface area contributed by atoms with Crippen LogP contribution in [0, 0.1) is 0 Å². The van der Waals surface area contributed by atoms with Crippen LogP contribution in [0.5, 0.6) is 17.4 Å². The summed E-state index contributed by atoms with van der Waals surface area (Å²) in [5, 5.41) is 1.61. The van der Waals surface area contributed by atoms with Gasteiger partial charge in [0.25, 0.3) is 5.91 Å². The number of carbonyl (C=O) groups is 1. The van der Waals surface area contributed by atoms with Crippen molar-refractivity contribution in [2.75, 3.05) is 0 Å². The van der Waals surface area contributed by atoms with Gasteiger partial charge >= 0.3 is 0 Å². The minimum atomic E-state index is -0.689. The Hall–Kier alpha value is -2.79. The van der Waals surface area contributed by atoms with Gasteiger partial charge in [-0.15, -0.1) is 0 Å². The molecule has 2 N–H and O–H groups in total. The van der Waals surface area contributed by atoms with Crippen molar-refractivity contribution >= 4 is 28.4 Å². The number of benzene rings is 2. The Bertz CT molecular complexity index is 881. The Labute approximate surface area is 144 Å². The van der Waals surface area contributed by atoms with E-state index in [9.17, 15) is 4.79 Å². The van der Waals surface area contributed by atoms with Crippen LogP contribution in [0.15, 0.2) is 54.6 Å². The molecule has 24 heavy (non-hydrogen) atoms. The second-order valence-corrected chi connectivity index (χ2v) is 5.66. The number of halogens is 1. The molecule has 0 bridgehead atoms. The minimum Gasteiger partial charge on any atom is -0.481 e. The third-order valence-electron chi connectivity index (χ3n) is 3.39. The number of nitrogens with two attached hydrogens (primary N) is 1. The van der Waals surface area contributed by atoms with Crippen molar-refractivity contribution in [1.82, 2.24) is 4.98 Å². The number of aromatic nitrogens is 1. The van der Waals surface area contributed by atoms with Gasteiger partial charge in [0.15, 0.2) is 6.10 Å². The lowest BCUT2D eigenvalue weighted by atomic mass is 10.2. The molecule has 3 aromatic rings. The van der Waals surface area contributed by atoms with E-state index in [0.29, 0.717) is 22.4 Å². The molecular weight excluding hydrogens is 328 g/mol.